The Bertz CT molecular complexity index is 1330. The second-order valence-corrected chi connectivity index (χ2v) is 12.9. The maximum Gasteiger partial charge on any atom is 0.274 e. The molecule has 2 aromatic rings. The van der Waals surface area contributed by atoms with Gasteiger partial charge in [0.2, 0.25) is 0 Å². The molecule has 10 heteroatoms. The minimum Gasteiger partial charge on any atom is -0.490 e. The van der Waals surface area contributed by atoms with Crippen molar-refractivity contribution in [2.24, 2.45) is 34.6 Å². The minimum absolute atomic E-state index is 0.0123. The first kappa shape index (κ1) is 30.7. The molecule has 0 radical (unpaired) electrons. The number of piperidine rings is 1. The highest BCUT2D eigenvalue weighted by Gasteiger charge is 2.40. The zero-order valence-corrected chi connectivity index (χ0v) is 25.6. The number of aliphatic hydroxyl groups excluding tert-OH is 1. The highest BCUT2D eigenvalue weighted by Crippen LogP contribution is 2.43. The molecule has 226 valence electrons. The Balaban J connectivity index is 1.33. The van der Waals surface area contributed by atoms with Crippen LogP contribution in [0, 0.1) is 41.2 Å². The summed E-state index contributed by atoms with van der Waals surface area (Å²) in [6, 6.07) is 5.33. The van der Waals surface area contributed by atoms with Gasteiger partial charge in [-0.2, -0.15) is 0 Å². The normalized spacial score (nSPS) is 26.7. The lowest BCUT2D eigenvalue weighted by Gasteiger charge is -2.43. The van der Waals surface area contributed by atoms with Gasteiger partial charge in [-0.25, -0.2) is 13.8 Å². The number of ether oxygens (including phenoxy) is 1. The summed E-state index contributed by atoms with van der Waals surface area (Å²) in [6.45, 7) is 8.17. The number of aliphatic hydroxyl groups is 1. The van der Waals surface area contributed by atoms with Gasteiger partial charge in [0.1, 0.15) is 34.9 Å². The zero-order chi connectivity index (χ0) is 30.0. The van der Waals surface area contributed by atoms with Gasteiger partial charge in [0.05, 0.1) is 6.10 Å². The average molecular weight is 599 g/mol. The number of carbonyl (C=O) groups excluding carboxylic acids is 1. The van der Waals surface area contributed by atoms with Crippen LogP contribution in [0.25, 0.3) is 11.3 Å². The lowest BCUT2D eigenvalue weighted by molar-refractivity contribution is -0.0199. The molecule has 5 rings (SSSR count). The number of allylic oxidation sites excluding steroid dienone is 1. The number of nitrogens with zero attached hydrogens (tertiary/aromatic N) is 2. The summed E-state index contributed by atoms with van der Waals surface area (Å²) >= 11 is 0. The van der Waals surface area contributed by atoms with Gasteiger partial charge in [-0.1, -0.05) is 20.8 Å². The van der Waals surface area contributed by atoms with Gasteiger partial charge < -0.3 is 20.5 Å². The van der Waals surface area contributed by atoms with Crippen molar-refractivity contribution in [2.45, 2.75) is 65.1 Å². The first-order valence-electron chi connectivity index (χ1n) is 15.0. The van der Waals surface area contributed by atoms with E-state index in [9.17, 15) is 9.90 Å². The molecule has 6 unspecified atom stereocenters. The molecule has 1 saturated carbocycles. The van der Waals surface area contributed by atoms with E-state index in [0.717, 1.165) is 38.4 Å². The smallest absolute Gasteiger partial charge is 0.274 e. The highest BCUT2D eigenvalue weighted by molar-refractivity contribution is 7.28. The van der Waals surface area contributed by atoms with Crippen molar-refractivity contribution in [3.05, 3.63) is 53.5 Å². The summed E-state index contributed by atoms with van der Waals surface area (Å²) in [5, 5.41) is 17.5. The Labute approximate surface area is 248 Å². The Morgan fingerprint density at radius 1 is 1.17 bits per heavy atom. The van der Waals surface area contributed by atoms with Crippen LogP contribution in [0.4, 0.5) is 8.78 Å². The van der Waals surface area contributed by atoms with Gasteiger partial charge >= 0.3 is 0 Å². The van der Waals surface area contributed by atoms with Crippen LogP contribution in [0.1, 0.15) is 63.4 Å². The van der Waals surface area contributed by atoms with Crippen molar-refractivity contribution in [3.8, 4) is 17.0 Å². The van der Waals surface area contributed by atoms with Gasteiger partial charge in [0, 0.05) is 35.7 Å². The van der Waals surface area contributed by atoms with E-state index in [4.69, 9.17) is 4.74 Å². The first-order valence-corrected chi connectivity index (χ1v) is 15.5. The van der Waals surface area contributed by atoms with E-state index in [-0.39, 0.29) is 40.8 Å². The van der Waals surface area contributed by atoms with Crippen LogP contribution >= 0.6 is 9.24 Å². The molecule has 0 spiro atoms. The molecule has 1 saturated heterocycles. The molecule has 2 aliphatic heterocycles. The number of pyridine rings is 1. The number of aromatic nitrogens is 1. The molecule has 0 bridgehead atoms. The summed E-state index contributed by atoms with van der Waals surface area (Å²) in [6.07, 6.45) is 6.96. The second kappa shape index (κ2) is 13.3. The fraction of sp³-hybridized carbons (Fsp3) is 0.531. The molecule has 42 heavy (non-hydrogen) atoms. The molecule has 6 atom stereocenters. The number of carbonyl (C=O) groups is 1. The van der Waals surface area contributed by atoms with E-state index in [1.165, 1.54) is 12.1 Å². The number of aliphatic imine (C=N–C) groups is 1. The quantitative estimate of drug-likeness (QED) is 0.390. The van der Waals surface area contributed by atoms with E-state index in [2.05, 4.69) is 50.6 Å². The summed E-state index contributed by atoms with van der Waals surface area (Å²) < 4.78 is 36.4. The molecule has 1 amide bonds. The van der Waals surface area contributed by atoms with Crippen molar-refractivity contribution in [3.63, 3.8) is 0 Å². The SMILES string of the molecule is CC(C)C1C(C)CC(C2CC=NC=C2NC(=O)c2ccc(F)c(-c3c(F)cc(OC4CCNCC4)cc3P)n2)CC1O. The Kier molecular flexibility index (Phi) is 9.70. The van der Waals surface area contributed by atoms with Crippen molar-refractivity contribution in [1.29, 1.82) is 0 Å². The molecule has 3 N–H and O–H groups in total. The molecule has 1 aromatic heterocycles. The molecular weight excluding hydrogens is 557 g/mol. The molecule has 1 aromatic carbocycles. The third-order valence-corrected chi connectivity index (χ3v) is 9.45. The van der Waals surface area contributed by atoms with Gasteiger partial charge in [-0.05, 0) is 92.4 Å². The Morgan fingerprint density at radius 3 is 2.62 bits per heavy atom. The van der Waals surface area contributed by atoms with Crippen molar-refractivity contribution in [2.75, 3.05) is 13.1 Å². The van der Waals surface area contributed by atoms with Crippen LogP contribution < -0.4 is 20.7 Å². The number of hydrogen-bond donors (Lipinski definition) is 3. The minimum atomic E-state index is -0.731. The van der Waals surface area contributed by atoms with Crippen LogP contribution in [0.2, 0.25) is 0 Å². The third-order valence-electron chi connectivity index (χ3n) is 8.99. The molecular formula is C32H41F2N4O3P. The van der Waals surface area contributed by atoms with Gasteiger partial charge in [-0.15, -0.1) is 9.24 Å². The maximum atomic E-state index is 15.4. The van der Waals surface area contributed by atoms with Gasteiger partial charge in [0.15, 0.2) is 0 Å². The van der Waals surface area contributed by atoms with Crippen molar-refractivity contribution < 1.29 is 23.4 Å². The lowest BCUT2D eigenvalue weighted by Crippen LogP contribution is -2.42. The average Bonchev–Trinajstić information content (AvgIpc) is 2.94. The van der Waals surface area contributed by atoms with Crippen LogP contribution in [0.3, 0.4) is 0 Å². The fourth-order valence-electron chi connectivity index (χ4n) is 7.07. The number of halogens is 2. The zero-order valence-electron chi connectivity index (χ0n) is 24.4. The monoisotopic (exact) mass is 598 g/mol. The summed E-state index contributed by atoms with van der Waals surface area (Å²) in [5.74, 6) is -0.402. The molecule has 2 fully saturated rings. The third kappa shape index (κ3) is 6.74. The second-order valence-electron chi connectivity index (χ2n) is 12.3. The van der Waals surface area contributed by atoms with Crippen molar-refractivity contribution in [1.82, 2.24) is 15.6 Å². The van der Waals surface area contributed by atoms with E-state index < -0.39 is 23.6 Å². The Morgan fingerprint density at radius 2 is 1.93 bits per heavy atom. The number of amides is 1. The standard InChI is InChI=1S/C32H41F2N4O3P/c1-17(2)29-18(3)12-19(13-27(29)39)22-8-11-36-16-26(22)38-32(40)25-5-4-23(33)31(37-25)30-24(34)14-21(15-28(30)42)41-20-6-9-35-10-7-20/h4-5,11,14-20,22,27,29,35,39H,6-10,12-13,42H2,1-3H3,(H,38,40). The predicted molar refractivity (Wildman–Crippen MR) is 164 cm³/mol. The number of benzene rings is 1. The first-order chi connectivity index (χ1) is 20.1. The number of nitrogens with one attached hydrogen (secondary N) is 2. The van der Waals surface area contributed by atoms with Crippen LogP contribution in [-0.2, 0) is 0 Å². The van der Waals surface area contributed by atoms with E-state index in [1.54, 1.807) is 12.3 Å². The maximum absolute atomic E-state index is 15.4. The summed E-state index contributed by atoms with van der Waals surface area (Å²) in [4.78, 5) is 21.9. The largest absolute Gasteiger partial charge is 0.490 e. The number of rotatable bonds is 7. The number of hydrogen-bond acceptors (Lipinski definition) is 6. The van der Waals surface area contributed by atoms with E-state index in [1.807, 2.05) is 6.21 Å². The fourth-order valence-corrected chi connectivity index (χ4v) is 7.51. The highest BCUT2D eigenvalue weighted by atomic mass is 31.0. The van der Waals surface area contributed by atoms with Crippen LogP contribution in [0.15, 0.2) is 41.2 Å². The van der Waals surface area contributed by atoms with E-state index in [0.29, 0.717) is 41.4 Å². The van der Waals surface area contributed by atoms with Crippen molar-refractivity contribution >= 4 is 26.7 Å². The Hall–Kier alpha value is -2.74. The molecule has 3 aliphatic rings. The van der Waals surface area contributed by atoms with E-state index >= 15 is 8.78 Å². The molecule has 3 heterocycles. The van der Waals surface area contributed by atoms with Crippen LogP contribution in [-0.4, -0.2) is 47.5 Å². The van der Waals surface area contributed by atoms with Gasteiger partial charge in [0.25, 0.3) is 5.91 Å². The molecule has 1 aliphatic carbocycles. The predicted octanol–water partition coefficient (Wildman–Crippen LogP) is 5.00. The summed E-state index contributed by atoms with van der Waals surface area (Å²) in [5.41, 5.74) is 0.347. The van der Waals surface area contributed by atoms with Crippen LogP contribution in [0.5, 0.6) is 5.75 Å². The van der Waals surface area contributed by atoms with Gasteiger partial charge in [-0.3, -0.25) is 9.79 Å². The lowest BCUT2D eigenvalue weighted by atomic mass is 9.65. The summed E-state index contributed by atoms with van der Waals surface area (Å²) in [7, 11) is 2.43. The molecule has 7 nitrogen and oxygen atoms in total. The topological polar surface area (TPSA) is 95.8 Å².